The minimum absolute atomic E-state index is 0.0680. The summed E-state index contributed by atoms with van der Waals surface area (Å²) < 4.78 is 32.4. The molecule has 0 aliphatic heterocycles. The summed E-state index contributed by atoms with van der Waals surface area (Å²) in [5, 5.41) is 0. The van der Waals surface area contributed by atoms with E-state index in [1.54, 1.807) is 62.6 Å². The molecule has 2 aromatic rings. The zero-order chi connectivity index (χ0) is 17.7. The second-order valence-corrected chi connectivity index (χ2v) is 7.20. The Kier molecular flexibility index (Phi) is 5.46. The lowest BCUT2D eigenvalue weighted by atomic mass is 10.2. The third-order valence-electron chi connectivity index (χ3n) is 3.30. The maximum absolute atomic E-state index is 12.3. The molecule has 0 saturated heterocycles. The van der Waals surface area contributed by atoms with Gasteiger partial charge in [0.1, 0.15) is 5.75 Å². The Balaban J connectivity index is 2.03. The van der Waals surface area contributed by atoms with Gasteiger partial charge in [0, 0.05) is 19.8 Å². The van der Waals surface area contributed by atoms with Crippen molar-refractivity contribution in [1.29, 1.82) is 0 Å². The van der Waals surface area contributed by atoms with Crippen molar-refractivity contribution in [2.24, 2.45) is 0 Å². The van der Waals surface area contributed by atoms with E-state index in [1.165, 1.54) is 4.90 Å². The number of amides is 1. The van der Waals surface area contributed by atoms with E-state index in [0.717, 1.165) is 5.56 Å². The van der Waals surface area contributed by atoms with Crippen LogP contribution in [-0.4, -0.2) is 39.9 Å². The van der Waals surface area contributed by atoms with Crippen molar-refractivity contribution in [2.45, 2.75) is 11.8 Å². The van der Waals surface area contributed by atoms with Gasteiger partial charge in [-0.25, -0.2) is 8.42 Å². The first-order valence-corrected chi connectivity index (χ1v) is 8.79. The summed E-state index contributed by atoms with van der Waals surface area (Å²) in [6.07, 6.45) is 0. The van der Waals surface area contributed by atoms with E-state index in [1.807, 2.05) is 6.92 Å². The number of hydrogen-bond donors (Lipinski definition) is 1. The number of aryl methyl sites for hydroxylation is 1. The fourth-order valence-electron chi connectivity index (χ4n) is 1.82. The molecule has 24 heavy (non-hydrogen) atoms. The van der Waals surface area contributed by atoms with Crippen LogP contribution in [0.4, 0.5) is 5.69 Å². The number of benzene rings is 2. The highest BCUT2D eigenvalue weighted by molar-refractivity contribution is 7.92. The molecule has 1 amide bonds. The molecule has 128 valence electrons. The molecule has 0 spiro atoms. The molecule has 0 unspecified atom stereocenters. The molecule has 6 nitrogen and oxygen atoms in total. The van der Waals surface area contributed by atoms with Gasteiger partial charge in [-0.05, 0) is 43.3 Å². The van der Waals surface area contributed by atoms with Gasteiger partial charge in [0.05, 0.1) is 4.90 Å². The van der Waals surface area contributed by atoms with Crippen LogP contribution in [0, 0.1) is 6.92 Å². The van der Waals surface area contributed by atoms with Crippen LogP contribution in [0.1, 0.15) is 5.56 Å². The number of nitrogens with zero attached hydrogens (tertiary/aromatic N) is 1. The quantitative estimate of drug-likeness (QED) is 0.869. The highest BCUT2D eigenvalue weighted by atomic mass is 32.2. The number of sulfonamides is 1. The van der Waals surface area contributed by atoms with Crippen LogP contribution < -0.4 is 9.46 Å². The summed E-state index contributed by atoms with van der Waals surface area (Å²) in [6, 6.07) is 13.0. The minimum Gasteiger partial charge on any atom is -0.484 e. The van der Waals surface area contributed by atoms with E-state index >= 15 is 0 Å². The Hall–Kier alpha value is -2.54. The summed E-state index contributed by atoms with van der Waals surface area (Å²) in [6.45, 7) is 1.82. The minimum atomic E-state index is -3.63. The summed E-state index contributed by atoms with van der Waals surface area (Å²) in [5.74, 6) is 0.336. The third-order valence-corrected chi connectivity index (χ3v) is 4.70. The molecule has 0 aliphatic carbocycles. The fourth-order valence-corrected chi connectivity index (χ4v) is 2.88. The predicted molar refractivity (Wildman–Crippen MR) is 92.6 cm³/mol. The standard InChI is InChI=1S/C17H20N2O4S/c1-13-4-10-16(11-5-13)24(21,22)18-14-6-8-15(9-7-14)23-12-17(20)19(2)3/h4-11,18H,12H2,1-3H3. The van der Waals surface area contributed by atoms with Crippen LogP contribution in [0.2, 0.25) is 0 Å². The summed E-state index contributed by atoms with van der Waals surface area (Å²) >= 11 is 0. The van der Waals surface area contributed by atoms with Crippen molar-refractivity contribution >= 4 is 21.6 Å². The molecule has 0 bridgehead atoms. The van der Waals surface area contributed by atoms with Crippen LogP contribution >= 0.6 is 0 Å². The van der Waals surface area contributed by atoms with Gasteiger partial charge < -0.3 is 9.64 Å². The Morgan fingerprint density at radius 3 is 2.17 bits per heavy atom. The number of nitrogens with one attached hydrogen (secondary N) is 1. The molecule has 0 fully saturated rings. The van der Waals surface area contributed by atoms with E-state index in [2.05, 4.69) is 4.72 Å². The molecule has 7 heteroatoms. The van der Waals surface area contributed by atoms with Crippen LogP contribution in [0.3, 0.4) is 0 Å². The van der Waals surface area contributed by atoms with Crippen molar-refractivity contribution < 1.29 is 17.9 Å². The van der Waals surface area contributed by atoms with E-state index in [-0.39, 0.29) is 17.4 Å². The van der Waals surface area contributed by atoms with E-state index in [9.17, 15) is 13.2 Å². The molecule has 0 aliphatic rings. The zero-order valence-electron chi connectivity index (χ0n) is 13.8. The highest BCUT2D eigenvalue weighted by Gasteiger charge is 2.13. The van der Waals surface area contributed by atoms with Crippen molar-refractivity contribution in [3.8, 4) is 5.75 Å². The Bertz CT molecular complexity index is 797. The van der Waals surface area contributed by atoms with Gasteiger partial charge in [0.15, 0.2) is 6.61 Å². The predicted octanol–water partition coefficient (Wildman–Crippen LogP) is 2.26. The van der Waals surface area contributed by atoms with Crippen molar-refractivity contribution in [3.05, 3.63) is 54.1 Å². The summed E-state index contributed by atoms with van der Waals surface area (Å²) in [4.78, 5) is 13.1. The Morgan fingerprint density at radius 2 is 1.62 bits per heavy atom. The molecule has 0 heterocycles. The molecule has 0 radical (unpaired) electrons. The van der Waals surface area contributed by atoms with E-state index < -0.39 is 10.0 Å². The van der Waals surface area contributed by atoms with Crippen molar-refractivity contribution in [3.63, 3.8) is 0 Å². The normalized spacial score (nSPS) is 11.0. The second kappa shape index (κ2) is 7.35. The number of carbonyl (C=O) groups is 1. The smallest absolute Gasteiger partial charge is 0.261 e. The number of carbonyl (C=O) groups excluding carboxylic acids is 1. The van der Waals surface area contributed by atoms with Gasteiger partial charge in [-0.15, -0.1) is 0 Å². The average molecular weight is 348 g/mol. The van der Waals surface area contributed by atoms with Crippen molar-refractivity contribution in [2.75, 3.05) is 25.4 Å². The SMILES string of the molecule is Cc1ccc(S(=O)(=O)Nc2ccc(OCC(=O)N(C)C)cc2)cc1. The first-order chi connectivity index (χ1) is 11.3. The topological polar surface area (TPSA) is 75.7 Å². The van der Waals surface area contributed by atoms with Crippen LogP contribution in [-0.2, 0) is 14.8 Å². The fraction of sp³-hybridized carbons (Fsp3) is 0.235. The Morgan fingerprint density at radius 1 is 1.04 bits per heavy atom. The summed E-state index contributed by atoms with van der Waals surface area (Å²) in [5.41, 5.74) is 1.41. The molecular formula is C17H20N2O4S. The number of rotatable bonds is 6. The number of anilines is 1. The molecule has 2 aromatic carbocycles. The van der Waals surface area contributed by atoms with Gasteiger partial charge in [-0.3, -0.25) is 9.52 Å². The first-order valence-electron chi connectivity index (χ1n) is 7.30. The van der Waals surface area contributed by atoms with Gasteiger partial charge in [0.2, 0.25) is 0 Å². The molecule has 0 saturated carbocycles. The third kappa shape index (κ3) is 4.73. The average Bonchev–Trinajstić information content (AvgIpc) is 2.54. The lowest BCUT2D eigenvalue weighted by Gasteiger charge is -2.12. The maximum Gasteiger partial charge on any atom is 0.261 e. The van der Waals surface area contributed by atoms with E-state index in [0.29, 0.717) is 11.4 Å². The highest BCUT2D eigenvalue weighted by Crippen LogP contribution is 2.19. The monoisotopic (exact) mass is 348 g/mol. The van der Waals surface area contributed by atoms with Gasteiger partial charge >= 0.3 is 0 Å². The second-order valence-electron chi connectivity index (χ2n) is 5.52. The van der Waals surface area contributed by atoms with Crippen molar-refractivity contribution in [1.82, 2.24) is 4.90 Å². The molecule has 0 atom stereocenters. The molecule has 2 rings (SSSR count). The van der Waals surface area contributed by atoms with Gasteiger partial charge in [-0.2, -0.15) is 0 Å². The number of likely N-dealkylation sites (N-methyl/N-ethyl adjacent to an activating group) is 1. The summed E-state index contributed by atoms with van der Waals surface area (Å²) in [7, 11) is -0.337. The largest absolute Gasteiger partial charge is 0.484 e. The first kappa shape index (κ1) is 17.8. The molecular weight excluding hydrogens is 328 g/mol. The lowest BCUT2D eigenvalue weighted by molar-refractivity contribution is -0.130. The van der Waals surface area contributed by atoms with Crippen LogP contribution in [0.15, 0.2) is 53.4 Å². The lowest BCUT2D eigenvalue weighted by Crippen LogP contribution is -2.27. The maximum atomic E-state index is 12.3. The van der Waals surface area contributed by atoms with Gasteiger partial charge in [0.25, 0.3) is 15.9 Å². The van der Waals surface area contributed by atoms with E-state index in [4.69, 9.17) is 4.74 Å². The molecule has 1 N–H and O–H groups in total. The molecule has 0 aromatic heterocycles. The Labute approximate surface area is 142 Å². The zero-order valence-corrected chi connectivity index (χ0v) is 14.6. The van der Waals surface area contributed by atoms with Crippen LogP contribution in [0.25, 0.3) is 0 Å². The number of ether oxygens (including phenoxy) is 1. The number of hydrogen-bond acceptors (Lipinski definition) is 4. The van der Waals surface area contributed by atoms with Crippen LogP contribution in [0.5, 0.6) is 5.75 Å². The van der Waals surface area contributed by atoms with Gasteiger partial charge in [-0.1, -0.05) is 17.7 Å².